The predicted molar refractivity (Wildman–Crippen MR) is 157 cm³/mol. The van der Waals surface area contributed by atoms with Crippen molar-refractivity contribution >= 4 is 34.2 Å². The van der Waals surface area contributed by atoms with Gasteiger partial charge < -0.3 is 19.7 Å². The lowest BCUT2D eigenvalue weighted by Gasteiger charge is -2.54. The lowest BCUT2D eigenvalue weighted by molar-refractivity contribution is -0.0648. The summed E-state index contributed by atoms with van der Waals surface area (Å²) in [5.74, 6) is 0.666. The van der Waals surface area contributed by atoms with E-state index >= 15 is 0 Å². The fourth-order valence-electron chi connectivity index (χ4n) is 6.55. The van der Waals surface area contributed by atoms with Gasteiger partial charge in [0.1, 0.15) is 17.0 Å². The first-order valence-electron chi connectivity index (χ1n) is 14.8. The van der Waals surface area contributed by atoms with Crippen molar-refractivity contribution in [1.82, 2.24) is 29.3 Å². The summed E-state index contributed by atoms with van der Waals surface area (Å²) in [5.41, 5.74) is 2.07. The first-order chi connectivity index (χ1) is 20.1. The Hall–Kier alpha value is -4.15. The first-order valence-corrected chi connectivity index (χ1v) is 14.8. The summed E-state index contributed by atoms with van der Waals surface area (Å²) in [6, 6.07) is 5.81. The number of hydrogen-bond acceptors (Lipinski definition) is 7. The number of nitrogens with one attached hydrogen (secondary N) is 1. The molecule has 1 unspecified atom stereocenters. The smallest absolute Gasteiger partial charge is 0.410 e. The van der Waals surface area contributed by atoms with Gasteiger partial charge in [-0.25, -0.2) is 14.3 Å². The van der Waals surface area contributed by atoms with E-state index in [-0.39, 0.29) is 29.6 Å². The molecule has 2 atom stereocenters. The minimum Gasteiger partial charge on any atom is -0.490 e. The molecule has 220 valence electrons. The highest BCUT2D eigenvalue weighted by Gasteiger charge is 2.50. The number of rotatable bonds is 5. The second kappa shape index (κ2) is 9.71. The second-order valence-electron chi connectivity index (χ2n) is 13.4. The Morgan fingerprint density at radius 3 is 2.69 bits per heavy atom. The molecule has 3 fully saturated rings. The molecule has 1 saturated heterocycles. The Kier molecular flexibility index (Phi) is 6.18. The van der Waals surface area contributed by atoms with Crippen LogP contribution < -0.4 is 10.1 Å². The van der Waals surface area contributed by atoms with E-state index in [1.165, 1.54) is 0 Å². The third-order valence-corrected chi connectivity index (χ3v) is 8.64. The number of benzene rings is 1. The molecule has 1 aliphatic heterocycles. The largest absolute Gasteiger partial charge is 0.490 e. The fourth-order valence-corrected chi connectivity index (χ4v) is 6.55. The molecular weight excluding hydrogens is 534 g/mol. The topological polar surface area (TPSA) is 116 Å². The number of amides is 2. The van der Waals surface area contributed by atoms with Crippen LogP contribution in [0.15, 0.2) is 43.0 Å². The van der Waals surface area contributed by atoms with E-state index in [0.29, 0.717) is 28.6 Å². The molecule has 2 amide bonds. The van der Waals surface area contributed by atoms with Crippen LogP contribution in [0.25, 0.3) is 16.6 Å². The summed E-state index contributed by atoms with van der Waals surface area (Å²) >= 11 is 0. The van der Waals surface area contributed by atoms with Gasteiger partial charge in [0, 0.05) is 48.5 Å². The van der Waals surface area contributed by atoms with E-state index in [1.807, 2.05) is 37.8 Å². The van der Waals surface area contributed by atoms with Gasteiger partial charge in [0.05, 0.1) is 29.4 Å². The second-order valence-corrected chi connectivity index (χ2v) is 13.4. The summed E-state index contributed by atoms with van der Waals surface area (Å²) < 4.78 is 15.5. The molecule has 0 bridgehead atoms. The normalized spacial score (nSPS) is 21.9. The van der Waals surface area contributed by atoms with Crippen LogP contribution in [0.3, 0.4) is 0 Å². The molecule has 0 radical (unpaired) electrons. The molecule has 11 nitrogen and oxygen atoms in total. The van der Waals surface area contributed by atoms with Gasteiger partial charge in [0.25, 0.3) is 5.91 Å². The van der Waals surface area contributed by atoms with Crippen LogP contribution in [0.5, 0.6) is 5.75 Å². The Balaban J connectivity index is 1.09. The molecule has 11 heteroatoms. The Bertz CT molecular complexity index is 1680. The van der Waals surface area contributed by atoms with E-state index in [9.17, 15) is 9.59 Å². The molecule has 1 spiro atoms. The van der Waals surface area contributed by atoms with Crippen LogP contribution >= 0.6 is 0 Å². The van der Waals surface area contributed by atoms with Crippen LogP contribution in [0.4, 0.5) is 10.5 Å². The highest BCUT2D eigenvalue weighted by Crippen LogP contribution is 2.50. The summed E-state index contributed by atoms with van der Waals surface area (Å²) in [4.78, 5) is 32.2. The van der Waals surface area contributed by atoms with Crippen LogP contribution in [-0.2, 0) is 4.74 Å². The van der Waals surface area contributed by atoms with Gasteiger partial charge in [-0.1, -0.05) is 6.92 Å². The van der Waals surface area contributed by atoms with Gasteiger partial charge in [-0.2, -0.15) is 10.2 Å². The van der Waals surface area contributed by atoms with Gasteiger partial charge in [-0.3, -0.25) is 9.48 Å². The van der Waals surface area contributed by atoms with Gasteiger partial charge in [0.15, 0.2) is 5.65 Å². The highest BCUT2D eigenvalue weighted by molar-refractivity contribution is 6.09. The number of ether oxygens (including phenoxy) is 2. The molecule has 4 aromatic rings. The Morgan fingerprint density at radius 1 is 1.14 bits per heavy atom. The summed E-state index contributed by atoms with van der Waals surface area (Å²) in [6.07, 6.45) is 12.0. The molecule has 2 aliphatic carbocycles. The number of anilines is 1. The number of nitrogens with zero attached hydrogens (tertiary/aromatic N) is 6. The zero-order chi connectivity index (χ0) is 29.2. The predicted octanol–water partition coefficient (Wildman–Crippen LogP) is 5.47. The standard InChI is InChI=1S/C31H37N7O4/c1-19-14-31(17-36(18-31)29(40)42-30(2,3)4)9-8-25(19)38-16-20-12-22(26(13-23(20)35-38)41-21-6-7-21)28(39)34-24-15-33-37-11-5-10-32-27(24)37/h5,10-13,15-16,19,21,25H,6-9,14,17-18H2,1-4H3,(H,34,39)/t19-,25?/m1/s1. The first kappa shape index (κ1) is 26.7. The molecule has 7 rings (SSSR count). The summed E-state index contributed by atoms with van der Waals surface area (Å²) in [5, 5.41) is 13.1. The molecule has 3 aliphatic rings. The number of fused-ring (bicyclic) bond motifs is 2. The number of carbonyl (C=O) groups excluding carboxylic acids is 2. The molecule has 42 heavy (non-hydrogen) atoms. The number of hydrogen-bond donors (Lipinski definition) is 1. The van der Waals surface area contributed by atoms with Gasteiger partial charge in [-0.15, -0.1) is 0 Å². The van der Waals surface area contributed by atoms with Crippen molar-refractivity contribution in [1.29, 1.82) is 0 Å². The molecule has 4 heterocycles. The monoisotopic (exact) mass is 571 g/mol. The van der Waals surface area contributed by atoms with Crippen molar-refractivity contribution in [2.75, 3.05) is 18.4 Å². The van der Waals surface area contributed by atoms with Crippen LogP contribution in [0, 0.1) is 11.3 Å². The molecular formula is C31H37N7O4. The summed E-state index contributed by atoms with van der Waals surface area (Å²) in [7, 11) is 0. The molecule has 1 aromatic carbocycles. The van der Waals surface area contributed by atoms with Crippen LogP contribution in [0.2, 0.25) is 0 Å². The van der Waals surface area contributed by atoms with Crippen molar-refractivity contribution in [3.05, 3.63) is 48.5 Å². The average molecular weight is 572 g/mol. The number of likely N-dealkylation sites (tertiary alicyclic amines) is 1. The fraction of sp³-hybridized carbons (Fsp3) is 0.516. The zero-order valence-electron chi connectivity index (χ0n) is 24.5. The maximum Gasteiger partial charge on any atom is 0.410 e. The summed E-state index contributed by atoms with van der Waals surface area (Å²) in [6.45, 7) is 9.48. The van der Waals surface area contributed by atoms with Crippen LogP contribution in [-0.4, -0.2) is 66.1 Å². The highest BCUT2D eigenvalue weighted by atomic mass is 16.6. The number of carbonyl (C=O) groups is 2. The number of aromatic nitrogens is 5. The third kappa shape index (κ3) is 5.05. The van der Waals surface area contributed by atoms with E-state index in [2.05, 4.69) is 33.2 Å². The lowest BCUT2D eigenvalue weighted by Crippen LogP contribution is -2.61. The molecule has 2 saturated carbocycles. The maximum absolute atomic E-state index is 13.5. The lowest BCUT2D eigenvalue weighted by atomic mass is 9.64. The van der Waals surface area contributed by atoms with Gasteiger partial charge in [-0.05, 0) is 70.9 Å². The molecule has 1 N–H and O–H groups in total. The van der Waals surface area contributed by atoms with E-state index < -0.39 is 5.60 Å². The third-order valence-electron chi connectivity index (χ3n) is 8.64. The van der Waals surface area contributed by atoms with Gasteiger partial charge >= 0.3 is 6.09 Å². The van der Waals surface area contributed by atoms with Crippen molar-refractivity contribution in [2.45, 2.75) is 77.5 Å². The van der Waals surface area contributed by atoms with Crippen molar-refractivity contribution < 1.29 is 19.1 Å². The van der Waals surface area contributed by atoms with Crippen LogP contribution in [0.1, 0.15) is 76.2 Å². The van der Waals surface area contributed by atoms with Crippen molar-refractivity contribution in [2.24, 2.45) is 11.3 Å². The quantitative estimate of drug-likeness (QED) is 0.338. The van der Waals surface area contributed by atoms with E-state index in [4.69, 9.17) is 14.6 Å². The van der Waals surface area contributed by atoms with Crippen molar-refractivity contribution in [3.8, 4) is 5.75 Å². The maximum atomic E-state index is 13.5. The average Bonchev–Trinajstić information content (AvgIpc) is 3.49. The molecule has 3 aromatic heterocycles. The minimum atomic E-state index is -0.484. The van der Waals surface area contributed by atoms with E-state index in [0.717, 1.165) is 56.1 Å². The van der Waals surface area contributed by atoms with Gasteiger partial charge in [0.2, 0.25) is 0 Å². The zero-order valence-corrected chi connectivity index (χ0v) is 24.5. The minimum absolute atomic E-state index is 0.131. The Labute approximate surface area is 244 Å². The van der Waals surface area contributed by atoms with Crippen molar-refractivity contribution in [3.63, 3.8) is 0 Å². The Morgan fingerprint density at radius 2 is 1.95 bits per heavy atom. The SMILES string of the molecule is C[C@@H]1CC2(CCC1n1cc3cc(C(=O)Nc4cnn5cccnc45)c(OC4CC4)cc3n1)CN(C(=O)OC(C)(C)C)C2. The van der Waals surface area contributed by atoms with E-state index in [1.54, 1.807) is 29.2 Å².